The molecule has 1 amide bonds. The van der Waals surface area contributed by atoms with Crippen LogP contribution in [0.5, 0.6) is 0 Å². The summed E-state index contributed by atoms with van der Waals surface area (Å²) in [5, 5.41) is 9.48. The Morgan fingerprint density at radius 3 is 2.89 bits per heavy atom. The molecule has 6 heteroatoms. The molecule has 0 bridgehead atoms. The molecule has 0 saturated carbocycles. The van der Waals surface area contributed by atoms with Crippen LogP contribution in [0.2, 0.25) is 5.02 Å². The second kappa shape index (κ2) is 5.54. The summed E-state index contributed by atoms with van der Waals surface area (Å²) in [6.45, 7) is 1.74. The maximum atomic E-state index is 11.9. The molecule has 1 N–H and O–H groups in total. The van der Waals surface area contributed by atoms with E-state index in [0.717, 1.165) is 0 Å². The summed E-state index contributed by atoms with van der Waals surface area (Å²) in [7, 11) is 1.82. The minimum atomic E-state index is 0.0546. The number of amides is 1. The monoisotopic (exact) mass is 269 g/mol. The molecular weight excluding hydrogens is 254 g/mol. The van der Waals surface area contributed by atoms with Crippen LogP contribution in [0.3, 0.4) is 0 Å². The highest BCUT2D eigenvalue weighted by atomic mass is 35.5. The number of likely N-dealkylation sites (N-methyl/N-ethyl adjacent to an activating group) is 1. The molecule has 0 aliphatic carbocycles. The van der Waals surface area contributed by atoms with Crippen molar-refractivity contribution < 1.29 is 9.90 Å². The van der Waals surface area contributed by atoms with Gasteiger partial charge in [-0.2, -0.15) is 0 Å². The molecule has 0 unspecified atom stereocenters. The highest BCUT2D eigenvalue weighted by Gasteiger charge is 2.30. The smallest absolute Gasteiger partial charge is 0.242 e. The zero-order valence-corrected chi connectivity index (χ0v) is 11.0. The van der Waals surface area contributed by atoms with Crippen LogP contribution in [0.4, 0.5) is 5.82 Å². The number of carbonyl (C=O) groups excluding carboxylic acids is 1. The fourth-order valence-corrected chi connectivity index (χ4v) is 1.98. The second-order valence-corrected chi connectivity index (χ2v) is 4.97. The van der Waals surface area contributed by atoms with Crippen molar-refractivity contribution in [1.29, 1.82) is 0 Å². The number of aliphatic hydroxyl groups excluding tert-OH is 1. The van der Waals surface area contributed by atoms with Crippen LogP contribution in [0.25, 0.3) is 0 Å². The van der Waals surface area contributed by atoms with Gasteiger partial charge in [-0.05, 0) is 12.1 Å². The quantitative estimate of drug-likeness (QED) is 0.871. The standard InChI is InChI=1S/C12H16ClN3O2/c1-15(11-3-2-10(13)4-14-11)7-12(18)16-5-9(6-16)8-17/h2-4,9,17H,5-8H2,1H3. The SMILES string of the molecule is CN(CC(=O)N1CC(CO)C1)c1ccc(Cl)cn1. The van der Waals surface area contributed by atoms with Gasteiger partial charge in [0.1, 0.15) is 5.82 Å². The zero-order valence-electron chi connectivity index (χ0n) is 10.2. The summed E-state index contributed by atoms with van der Waals surface area (Å²) in [5.74, 6) is 1.01. The number of halogens is 1. The fraction of sp³-hybridized carbons (Fsp3) is 0.500. The van der Waals surface area contributed by atoms with Crippen LogP contribution in [0.1, 0.15) is 0 Å². The maximum Gasteiger partial charge on any atom is 0.242 e. The van der Waals surface area contributed by atoms with Crippen molar-refractivity contribution in [1.82, 2.24) is 9.88 Å². The summed E-state index contributed by atoms with van der Waals surface area (Å²) >= 11 is 5.76. The van der Waals surface area contributed by atoms with Crippen molar-refractivity contribution in [2.75, 3.05) is 38.2 Å². The Balaban J connectivity index is 1.86. The van der Waals surface area contributed by atoms with E-state index in [1.807, 2.05) is 7.05 Å². The number of aliphatic hydroxyl groups is 1. The van der Waals surface area contributed by atoms with E-state index in [2.05, 4.69) is 4.98 Å². The zero-order chi connectivity index (χ0) is 13.1. The molecular formula is C12H16ClN3O2. The molecule has 0 spiro atoms. The lowest BCUT2D eigenvalue weighted by atomic mass is 10.0. The van der Waals surface area contributed by atoms with Crippen LogP contribution >= 0.6 is 11.6 Å². The molecule has 1 aliphatic rings. The predicted octanol–water partition coefficient (Wildman–Crippen LogP) is 0.622. The van der Waals surface area contributed by atoms with Gasteiger partial charge in [0.05, 0.1) is 11.6 Å². The Labute approximate surface area is 111 Å². The van der Waals surface area contributed by atoms with Crippen LogP contribution in [0.15, 0.2) is 18.3 Å². The number of carbonyl (C=O) groups is 1. The summed E-state index contributed by atoms with van der Waals surface area (Å²) in [4.78, 5) is 19.6. The average Bonchev–Trinajstić information content (AvgIpc) is 2.28. The van der Waals surface area contributed by atoms with Gasteiger partial charge in [-0.3, -0.25) is 4.79 Å². The van der Waals surface area contributed by atoms with Crippen LogP contribution in [0, 0.1) is 5.92 Å². The Morgan fingerprint density at radius 2 is 2.33 bits per heavy atom. The van der Waals surface area contributed by atoms with E-state index in [0.29, 0.717) is 23.9 Å². The Hall–Kier alpha value is -1.33. The minimum absolute atomic E-state index is 0.0546. The van der Waals surface area contributed by atoms with Gasteiger partial charge < -0.3 is 14.9 Å². The van der Waals surface area contributed by atoms with Crippen molar-refractivity contribution in [3.8, 4) is 0 Å². The number of anilines is 1. The highest BCUT2D eigenvalue weighted by Crippen LogP contribution is 2.16. The number of likely N-dealkylation sites (tertiary alicyclic amines) is 1. The summed E-state index contributed by atoms with van der Waals surface area (Å²) in [6, 6.07) is 3.53. The first-order valence-electron chi connectivity index (χ1n) is 5.81. The van der Waals surface area contributed by atoms with Gasteiger partial charge in [-0.25, -0.2) is 4.98 Å². The average molecular weight is 270 g/mol. The van der Waals surface area contributed by atoms with E-state index < -0.39 is 0 Å². The van der Waals surface area contributed by atoms with Gasteiger partial charge in [-0.15, -0.1) is 0 Å². The third-order valence-corrected chi connectivity index (χ3v) is 3.27. The van der Waals surface area contributed by atoms with Gasteiger partial charge >= 0.3 is 0 Å². The van der Waals surface area contributed by atoms with Crippen molar-refractivity contribution >= 4 is 23.3 Å². The van der Waals surface area contributed by atoms with Crippen molar-refractivity contribution in [2.24, 2.45) is 5.92 Å². The fourth-order valence-electron chi connectivity index (χ4n) is 1.87. The topological polar surface area (TPSA) is 56.7 Å². The predicted molar refractivity (Wildman–Crippen MR) is 69.7 cm³/mol. The molecule has 1 aliphatic heterocycles. The summed E-state index contributed by atoms with van der Waals surface area (Å²) in [6.07, 6.45) is 1.56. The van der Waals surface area contributed by atoms with Crippen LogP contribution in [-0.2, 0) is 4.79 Å². The number of hydrogen-bond donors (Lipinski definition) is 1. The molecule has 2 heterocycles. The molecule has 0 aromatic carbocycles. The first-order valence-corrected chi connectivity index (χ1v) is 6.19. The lowest BCUT2D eigenvalue weighted by molar-refractivity contribution is -0.136. The van der Waals surface area contributed by atoms with E-state index in [-0.39, 0.29) is 25.0 Å². The van der Waals surface area contributed by atoms with Crippen LogP contribution in [-0.4, -0.2) is 54.2 Å². The molecule has 1 aromatic rings. The number of hydrogen-bond acceptors (Lipinski definition) is 4. The van der Waals surface area contributed by atoms with Crippen molar-refractivity contribution in [3.63, 3.8) is 0 Å². The minimum Gasteiger partial charge on any atom is -0.396 e. The van der Waals surface area contributed by atoms with Crippen LogP contribution < -0.4 is 4.90 Å². The van der Waals surface area contributed by atoms with Gasteiger partial charge in [0.25, 0.3) is 0 Å². The number of rotatable bonds is 4. The second-order valence-electron chi connectivity index (χ2n) is 4.54. The first-order chi connectivity index (χ1) is 8.60. The van der Waals surface area contributed by atoms with E-state index in [1.54, 1.807) is 28.1 Å². The number of aromatic nitrogens is 1. The Morgan fingerprint density at radius 1 is 1.61 bits per heavy atom. The Bertz CT molecular complexity index is 418. The van der Waals surface area contributed by atoms with E-state index in [9.17, 15) is 4.79 Å². The lowest BCUT2D eigenvalue weighted by Gasteiger charge is -2.39. The summed E-state index contributed by atoms with van der Waals surface area (Å²) in [5.41, 5.74) is 0. The third-order valence-electron chi connectivity index (χ3n) is 3.04. The molecule has 98 valence electrons. The lowest BCUT2D eigenvalue weighted by Crippen LogP contribution is -2.53. The maximum absolute atomic E-state index is 11.9. The molecule has 5 nitrogen and oxygen atoms in total. The molecule has 0 radical (unpaired) electrons. The van der Waals surface area contributed by atoms with Gasteiger partial charge in [0, 0.05) is 38.9 Å². The summed E-state index contributed by atoms with van der Waals surface area (Å²) < 4.78 is 0. The molecule has 2 rings (SSSR count). The first kappa shape index (κ1) is 13.1. The molecule has 1 saturated heterocycles. The largest absolute Gasteiger partial charge is 0.396 e. The Kier molecular flexibility index (Phi) is 4.04. The number of pyridine rings is 1. The third kappa shape index (κ3) is 2.91. The van der Waals surface area contributed by atoms with E-state index in [1.165, 1.54) is 0 Å². The molecule has 18 heavy (non-hydrogen) atoms. The van der Waals surface area contributed by atoms with Gasteiger partial charge in [0.2, 0.25) is 5.91 Å². The normalized spacial score (nSPS) is 15.4. The molecule has 1 aromatic heterocycles. The number of nitrogens with zero attached hydrogens (tertiary/aromatic N) is 3. The van der Waals surface area contributed by atoms with E-state index in [4.69, 9.17) is 16.7 Å². The van der Waals surface area contributed by atoms with Gasteiger partial charge in [-0.1, -0.05) is 11.6 Å². The highest BCUT2D eigenvalue weighted by molar-refractivity contribution is 6.30. The van der Waals surface area contributed by atoms with Gasteiger partial charge in [0.15, 0.2) is 0 Å². The van der Waals surface area contributed by atoms with Crippen molar-refractivity contribution in [3.05, 3.63) is 23.4 Å². The van der Waals surface area contributed by atoms with Crippen molar-refractivity contribution in [2.45, 2.75) is 0 Å². The molecule has 1 fully saturated rings. The molecule has 0 atom stereocenters. The van der Waals surface area contributed by atoms with E-state index >= 15 is 0 Å².